The van der Waals surface area contributed by atoms with E-state index in [0.29, 0.717) is 6.54 Å². The zero-order valence-electron chi connectivity index (χ0n) is 7.88. The Labute approximate surface area is 78.5 Å². The molecule has 2 aliphatic rings. The van der Waals surface area contributed by atoms with Gasteiger partial charge in [0.25, 0.3) is 0 Å². The fraction of sp³-hybridized carbons (Fsp3) is 0.364. The summed E-state index contributed by atoms with van der Waals surface area (Å²) in [5.74, 6) is 0. The largest absolute Gasteiger partial charge is 0.330 e. The van der Waals surface area contributed by atoms with E-state index in [0.717, 1.165) is 12.8 Å². The first-order valence-electron chi connectivity index (χ1n) is 4.66. The van der Waals surface area contributed by atoms with Crippen molar-refractivity contribution in [2.24, 2.45) is 10.7 Å². The van der Waals surface area contributed by atoms with Crippen molar-refractivity contribution in [3.05, 3.63) is 35.1 Å². The zero-order valence-corrected chi connectivity index (χ0v) is 7.88. The number of rotatable bonds is 2. The number of aliphatic imine (C=N–C) groups is 1. The molecule has 68 valence electrons. The van der Waals surface area contributed by atoms with Crippen molar-refractivity contribution < 1.29 is 0 Å². The Morgan fingerprint density at radius 1 is 1.54 bits per heavy atom. The summed E-state index contributed by atoms with van der Waals surface area (Å²) >= 11 is 0. The van der Waals surface area contributed by atoms with Gasteiger partial charge in [-0.25, -0.2) is 0 Å². The van der Waals surface area contributed by atoms with Gasteiger partial charge in [0.15, 0.2) is 0 Å². The molecular weight excluding hydrogens is 160 g/mol. The van der Waals surface area contributed by atoms with Crippen molar-refractivity contribution in [3.8, 4) is 0 Å². The molecule has 2 heteroatoms. The van der Waals surface area contributed by atoms with Gasteiger partial charge < -0.3 is 5.73 Å². The maximum Gasteiger partial charge on any atom is 0.0517 e. The Balaban J connectivity index is 2.26. The van der Waals surface area contributed by atoms with Crippen LogP contribution in [0, 0.1) is 0 Å². The van der Waals surface area contributed by atoms with Crippen LogP contribution in [0.5, 0.6) is 0 Å². The monoisotopic (exact) mass is 174 g/mol. The highest BCUT2D eigenvalue weighted by atomic mass is 14.7. The molecule has 0 fully saturated rings. The molecule has 0 saturated heterocycles. The van der Waals surface area contributed by atoms with Crippen LogP contribution in [0.15, 0.2) is 40.1 Å². The van der Waals surface area contributed by atoms with Crippen LogP contribution in [0.4, 0.5) is 0 Å². The van der Waals surface area contributed by atoms with Gasteiger partial charge in [0.2, 0.25) is 0 Å². The molecule has 0 aromatic rings. The second-order valence-electron chi connectivity index (χ2n) is 3.48. The minimum Gasteiger partial charge on any atom is -0.330 e. The first kappa shape index (κ1) is 8.45. The molecule has 2 nitrogen and oxygen atoms in total. The van der Waals surface area contributed by atoms with Crippen molar-refractivity contribution in [1.29, 1.82) is 0 Å². The molecule has 0 unspecified atom stereocenters. The summed E-state index contributed by atoms with van der Waals surface area (Å²) in [6.45, 7) is 2.83. The van der Waals surface area contributed by atoms with Crippen molar-refractivity contribution in [3.63, 3.8) is 0 Å². The molecule has 0 aromatic carbocycles. The standard InChI is InChI=1S/C11H14N2/c1-8-2-3-11-10(6-8)9(4-5-12)7-13-11/h2,6-7H,3-5,12H2,1H3. The Bertz CT molecular complexity index is 343. The summed E-state index contributed by atoms with van der Waals surface area (Å²) in [5.41, 5.74) is 10.7. The molecule has 1 aliphatic heterocycles. The Hall–Kier alpha value is -1.15. The summed E-state index contributed by atoms with van der Waals surface area (Å²) in [5, 5.41) is 0. The summed E-state index contributed by atoms with van der Waals surface area (Å²) in [4.78, 5) is 4.38. The predicted octanol–water partition coefficient (Wildman–Crippen LogP) is 1.95. The van der Waals surface area contributed by atoms with E-state index >= 15 is 0 Å². The summed E-state index contributed by atoms with van der Waals surface area (Å²) < 4.78 is 0. The normalized spacial score (nSPS) is 20.2. The third kappa shape index (κ3) is 1.49. The lowest BCUT2D eigenvalue weighted by atomic mass is 9.93. The van der Waals surface area contributed by atoms with Gasteiger partial charge in [0.05, 0.1) is 5.71 Å². The van der Waals surface area contributed by atoms with Crippen molar-refractivity contribution in [2.75, 3.05) is 6.54 Å². The topological polar surface area (TPSA) is 38.4 Å². The third-order valence-electron chi connectivity index (χ3n) is 2.44. The highest BCUT2D eigenvalue weighted by molar-refractivity contribution is 6.08. The molecular formula is C11H14N2. The fourth-order valence-corrected chi connectivity index (χ4v) is 1.72. The average molecular weight is 174 g/mol. The zero-order chi connectivity index (χ0) is 9.26. The van der Waals surface area contributed by atoms with Crippen LogP contribution in [0.1, 0.15) is 19.8 Å². The van der Waals surface area contributed by atoms with Gasteiger partial charge in [-0.3, -0.25) is 4.99 Å². The molecule has 0 amide bonds. The molecule has 0 bridgehead atoms. The van der Waals surface area contributed by atoms with Crippen LogP contribution in [-0.4, -0.2) is 12.3 Å². The van der Waals surface area contributed by atoms with Crippen LogP contribution in [0.3, 0.4) is 0 Å². The molecule has 13 heavy (non-hydrogen) atoms. The molecule has 2 rings (SSSR count). The molecule has 0 radical (unpaired) electrons. The van der Waals surface area contributed by atoms with Crippen molar-refractivity contribution in [1.82, 2.24) is 0 Å². The van der Waals surface area contributed by atoms with E-state index in [1.54, 1.807) is 0 Å². The van der Waals surface area contributed by atoms with Gasteiger partial charge >= 0.3 is 0 Å². The summed E-state index contributed by atoms with van der Waals surface area (Å²) in [6, 6.07) is 0. The Morgan fingerprint density at radius 2 is 2.38 bits per heavy atom. The molecule has 1 heterocycles. The summed E-state index contributed by atoms with van der Waals surface area (Å²) in [7, 11) is 0. The van der Waals surface area contributed by atoms with E-state index < -0.39 is 0 Å². The number of fused-ring (bicyclic) bond motifs is 1. The third-order valence-corrected chi connectivity index (χ3v) is 2.44. The SMILES string of the molecule is CC1=CCC2=NC=C(CCN)C2=C1. The number of nitrogens with zero attached hydrogens (tertiary/aromatic N) is 1. The van der Waals surface area contributed by atoms with Crippen LogP contribution >= 0.6 is 0 Å². The molecule has 2 N–H and O–H groups in total. The highest BCUT2D eigenvalue weighted by Crippen LogP contribution is 2.28. The number of hydrogen-bond acceptors (Lipinski definition) is 2. The predicted molar refractivity (Wildman–Crippen MR) is 55.6 cm³/mol. The summed E-state index contributed by atoms with van der Waals surface area (Å²) in [6.07, 6.45) is 8.28. The minimum absolute atomic E-state index is 0.703. The quantitative estimate of drug-likeness (QED) is 0.682. The van der Waals surface area contributed by atoms with Crippen LogP contribution in [0.25, 0.3) is 0 Å². The van der Waals surface area contributed by atoms with E-state index in [4.69, 9.17) is 5.73 Å². The number of allylic oxidation sites excluding steroid dienone is 4. The molecule has 0 atom stereocenters. The number of nitrogens with two attached hydrogens (primary N) is 1. The number of hydrogen-bond donors (Lipinski definition) is 1. The molecule has 0 saturated carbocycles. The Kier molecular flexibility index (Phi) is 2.15. The van der Waals surface area contributed by atoms with Crippen molar-refractivity contribution in [2.45, 2.75) is 19.8 Å². The van der Waals surface area contributed by atoms with E-state index in [1.165, 1.54) is 22.4 Å². The second-order valence-corrected chi connectivity index (χ2v) is 3.48. The van der Waals surface area contributed by atoms with Crippen LogP contribution in [0.2, 0.25) is 0 Å². The van der Waals surface area contributed by atoms with Crippen LogP contribution in [-0.2, 0) is 0 Å². The van der Waals surface area contributed by atoms with Crippen LogP contribution < -0.4 is 5.73 Å². The van der Waals surface area contributed by atoms with E-state index in [1.807, 2.05) is 6.20 Å². The second kappa shape index (κ2) is 3.30. The van der Waals surface area contributed by atoms with Gasteiger partial charge in [-0.05, 0) is 25.5 Å². The van der Waals surface area contributed by atoms with Gasteiger partial charge in [0.1, 0.15) is 0 Å². The van der Waals surface area contributed by atoms with Gasteiger partial charge in [-0.2, -0.15) is 0 Å². The van der Waals surface area contributed by atoms with Gasteiger partial charge in [-0.1, -0.05) is 17.7 Å². The first-order chi connectivity index (χ1) is 6.31. The minimum atomic E-state index is 0.703. The smallest absolute Gasteiger partial charge is 0.0517 e. The molecule has 1 aliphatic carbocycles. The fourth-order valence-electron chi connectivity index (χ4n) is 1.72. The average Bonchev–Trinajstić information content (AvgIpc) is 2.49. The van der Waals surface area contributed by atoms with Gasteiger partial charge in [0, 0.05) is 18.2 Å². The maximum absolute atomic E-state index is 5.53. The lowest BCUT2D eigenvalue weighted by molar-refractivity contribution is 0.966. The highest BCUT2D eigenvalue weighted by Gasteiger charge is 2.18. The lowest BCUT2D eigenvalue weighted by Gasteiger charge is -2.11. The molecule has 0 spiro atoms. The maximum atomic E-state index is 5.53. The van der Waals surface area contributed by atoms with E-state index in [9.17, 15) is 0 Å². The molecule has 0 aromatic heterocycles. The van der Waals surface area contributed by atoms with E-state index in [-0.39, 0.29) is 0 Å². The lowest BCUT2D eigenvalue weighted by Crippen LogP contribution is -2.07. The van der Waals surface area contributed by atoms with E-state index in [2.05, 4.69) is 24.1 Å². The van der Waals surface area contributed by atoms with Gasteiger partial charge in [-0.15, -0.1) is 0 Å². The van der Waals surface area contributed by atoms with Crippen molar-refractivity contribution >= 4 is 5.71 Å². The Morgan fingerprint density at radius 3 is 3.15 bits per heavy atom. The first-order valence-corrected chi connectivity index (χ1v) is 4.66.